The highest BCUT2D eigenvalue weighted by atomic mass is 35.5. The zero-order valence-electron chi connectivity index (χ0n) is 24.2. The van der Waals surface area contributed by atoms with Crippen molar-refractivity contribution in [2.45, 2.75) is 0 Å². The van der Waals surface area contributed by atoms with Crippen LogP contribution in [0.1, 0.15) is 10.4 Å². The number of likely N-dealkylation sites (N-methyl/N-ethyl adjacent to an activating group) is 1. The fourth-order valence-corrected chi connectivity index (χ4v) is 5.72. The summed E-state index contributed by atoms with van der Waals surface area (Å²) in [6, 6.07) is 25.2. The summed E-state index contributed by atoms with van der Waals surface area (Å²) in [5.74, 6) is 0.0333. The molecule has 8 nitrogen and oxygen atoms in total. The number of piperazine rings is 1. The number of hydrogen-bond acceptors (Lipinski definition) is 6. The number of aromatic nitrogens is 2. The molecule has 3 aromatic carbocycles. The van der Waals surface area contributed by atoms with Crippen LogP contribution >= 0.6 is 11.6 Å². The van der Waals surface area contributed by atoms with Gasteiger partial charge in [-0.25, -0.2) is 0 Å². The second-order valence-electron chi connectivity index (χ2n) is 11.0. The SMILES string of the molecule is CN(C)CCN1CCN(C(=O)c2ccc(-n3/c(=N\C#N)ccc4cnc5ccc(-c6ccc(Cl)cc6)cc5c43)cc2)CC1. The summed E-state index contributed by atoms with van der Waals surface area (Å²) in [5.41, 5.74) is 5.70. The van der Waals surface area contributed by atoms with E-state index in [2.05, 4.69) is 35.0 Å². The second-order valence-corrected chi connectivity index (χ2v) is 11.5. The third kappa shape index (κ3) is 6.02. The molecule has 0 aliphatic carbocycles. The minimum absolute atomic E-state index is 0.0333. The van der Waals surface area contributed by atoms with E-state index in [4.69, 9.17) is 16.6 Å². The summed E-state index contributed by atoms with van der Waals surface area (Å²) in [4.78, 5) is 28.7. The van der Waals surface area contributed by atoms with E-state index in [1.54, 1.807) is 0 Å². The Labute approximate surface area is 255 Å². The van der Waals surface area contributed by atoms with Crippen LogP contribution in [0.25, 0.3) is 38.6 Å². The first-order chi connectivity index (χ1) is 20.9. The Kier molecular flexibility index (Phi) is 8.21. The standard InChI is InChI=1S/C34H32ClN7O/c1-39(2)15-16-40-17-19-41(20-18-40)34(43)25-5-11-29(12-6-25)42-32(38-23-36)14-8-27-22-37-31-13-7-26(21-30(31)33(27)42)24-3-9-28(35)10-4-24/h3-14,21-22H,15-20H2,1-2H3/b38-32-. The molecule has 9 heteroatoms. The van der Waals surface area contributed by atoms with Gasteiger partial charge >= 0.3 is 0 Å². The Morgan fingerprint density at radius 2 is 1.67 bits per heavy atom. The van der Waals surface area contributed by atoms with E-state index < -0.39 is 0 Å². The average molecular weight is 590 g/mol. The molecule has 6 rings (SSSR count). The monoisotopic (exact) mass is 589 g/mol. The number of carbonyl (C=O) groups excluding carboxylic acids is 1. The summed E-state index contributed by atoms with van der Waals surface area (Å²) in [6.07, 6.45) is 3.78. The van der Waals surface area contributed by atoms with Crippen LogP contribution in [0.5, 0.6) is 0 Å². The van der Waals surface area contributed by atoms with Gasteiger partial charge in [0.25, 0.3) is 5.91 Å². The molecule has 0 bridgehead atoms. The molecule has 3 heterocycles. The fraction of sp³-hybridized carbons (Fsp3) is 0.235. The molecule has 0 unspecified atom stereocenters. The van der Waals surface area contributed by atoms with E-state index in [0.29, 0.717) is 29.2 Å². The minimum Gasteiger partial charge on any atom is -0.336 e. The number of hydrogen-bond donors (Lipinski definition) is 0. The van der Waals surface area contributed by atoms with Gasteiger partial charge in [0.15, 0.2) is 0 Å². The Hall–Kier alpha value is -4.55. The van der Waals surface area contributed by atoms with E-state index >= 15 is 0 Å². The highest BCUT2D eigenvalue weighted by Crippen LogP contribution is 2.30. The van der Waals surface area contributed by atoms with Gasteiger partial charge in [0.2, 0.25) is 6.19 Å². The van der Waals surface area contributed by atoms with Gasteiger partial charge in [0.05, 0.1) is 11.0 Å². The maximum absolute atomic E-state index is 13.4. The molecule has 5 aromatic rings. The molecular weight excluding hydrogens is 558 g/mol. The molecule has 0 saturated carbocycles. The molecular formula is C34H32ClN7O. The number of pyridine rings is 2. The van der Waals surface area contributed by atoms with Crippen molar-refractivity contribution in [3.8, 4) is 23.0 Å². The van der Waals surface area contributed by atoms with Crippen LogP contribution in [-0.2, 0) is 0 Å². The first kappa shape index (κ1) is 28.6. The molecule has 0 spiro atoms. The molecule has 1 fully saturated rings. The maximum Gasteiger partial charge on any atom is 0.253 e. The van der Waals surface area contributed by atoms with Crippen LogP contribution in [-0.4, -0.2) is 83.5 Å². The number of benzene rings is 3. The predicted molar refractivity (Wildman–Crippen MR) is 171 cm³/mol. The number of halogens is 1. The fourth-order valence-electron chi connectivity index (χ4n) is 5.59. The number of fused-ring (bicyclic) bond motifs is 3. The summed E-state index contributed by atoms with van der Waals surface area (Å²) >= 11 is 6.13. The van der Waals surface area contributed by atoms with Crippen LogP contribution in [0.2, 0.25) is 5.02 Å². The van der Waals surface area contributed by atoms with Gasteiger partial charge < -0.3 is 9.80 Å². The molecule has 1 amide bonds. The topological polar surface area (TPSA) is 80.8 Å². The van der Waals surface area contributed by atoms with Crippen molar-refractivity contribution in [2.24, 2.45) is 4.99 Å². The van der Waals surface area contributed by atoms with Crippen LogP contribution in [0.15, 0.2) is 90.1 Å². The zero-order valence-corrected chi connectivity index (χ0v) is 25.0. The van der Waals surface area contributed by atoms with Crippen LogP contribution in [0.4, 0.5) is 0 Å². The Morgan fingerprint density at radius 3 is 2.37 bits per heavy atom. The highest BCUT2D eigenvalue weighted by Gasteiger charge is 2.22. The van der Waals surface area contributed by atoms with Gasteiger partial charge in [-0.15, -0.1) is 0 Å². The predicted octanol–water partition coefficient (Wildman–Crippen LogP) is 5.20. The molecule has 0 atom stereocenters. The number of rotatable bonds is 6. The lowest BCUT2D eigenvalue weighted by Crippen LogP contribution is -2.49. The van der Waals surface area contributed by atoms with E-state index in [9.17, 15) is 10.1 Å². The number of nitrogens with zero attached hydrogens (tertiary/aromatic N) is 7. The number of carbonyl (C=O) groups is 1. The third-order valence-corrected chi connectivity index (χ3v) is 8.22. The van der Waals surface area contributed by atoms with E-state index in [0.717, 1.165) is 64.8 Å². The van der Waals surface area contributed by atoms with E-state index in [-0.39, 0.29) is 5.91 Å². The van der Waals surface area contributed by atoms with Crippen LogP contribution < -0.4 is 5.49 Å². The van der Waals surface area contributed by atoms with Crippen molar-refractivity contribution < 1.29 is 4.79 Å². The molecule has 1 aliphatic rings. The van der Waals surface area contributed by atoms with Gasteiger partial charge in [-0.3, -0.25) is 19.2 Å². The smallest absolute Gasteiger partial charge is 0.253 e. The second kappa shape index (κ2) is 12.4. The Morgan fingerprint density at radius 1 is 0.953 bits per heavy atom. The van der Waals surface area contributed by atoms with Crippen molar-refractivity contribution in [1.82, 2.24) is 24.3 Å². The number of nitriles is 1. The van der Waals surface area contributed by atoms with Crippen molar-refractivity contribution in [1.29, 1.82) is 5.26 Å². The maximum atomic E-state index is 13.4. The van der Waals surface area contributed by atoms with Crippen molar-refractivity contribution in [3.63, 3.8) is 0 Å². The Bertz CT molecular complexity index is 1900. The normalized spacial score (nSPS) is 14.5. The molecule has 1 saturated heterocycles. The molecule has 0 N–H and O–H groups in total. The van der Waals surface area contributed by atoms with E-state index in [1.807, 2.05) is 94.7 Å². The van der Waals surface area contributed by atoms with Crippen LogP contribution in [0, 0.1) is 11.5 Å². The first-order valence-corrected chi connectivity index (χ1v) is 14.7. The van der Waals surface area contributed by atoms with Crippen LogP contribution in [0.3, 0.4) is 0 Å². The quantitative estimate of drug-likeness (QED) is 0.201. The van der Waals surface area contributed by atoms with Gasteiger partial charge in [0, 0.05) is 72.5 Å². The molecule has 43 heavy (non-hydrogen) atoms. The molecule has 1 aliphatic heterocycles. The lowest BCUT2D eigenvalue weighted by molar-refractivity contribution is 0.0629. The third-order valence-electron chi connectivity index (χ3n) is 7.97. The summed E-state index contributed by atoms with van der Waals surface area (Å²) in [7, 11) is 4.16. The molecule has 216 valence electrons. The summed E-state index contributed by atoms with van der Waals surface area (Å²) in [5, 5.41) is 12.0. The summed E-state index contributed by atoms with van der Waals surface area (Å²) in [6.45, 7) is 5.20. The first-order valence-electron chi connectivity index (χ1n) is 14.3. The van der Waals surface area contributed by atoms with Gasteiger partial charge in [-0.2, -0.15) is 10.3 Å². The molecule has 0 radical (unpaired) electrons. The summed E-state index contributed by atoms with van der Waals surface area (Å²) < 4.78 is 1.96. The van der Waals surface area contributed by atoms with Gasteiger partial charge in [-0.1, -0.05) is 29.8 Å². The van der Waals surface area contributed by atoms with E-state index in [1.165, 1.54) is 0 Å². The van der Waals surface area contributed by atoms with Gasteiger partial charge in [-0.05, 0) is 85.9 Å². The lowest BCUT2D eigenvalue weighted by atomic mass is 10.0. The van der Waals surface area contributed by atoms with Crippen molar-refractivity contribution in [3.05, 3.63) is 101 Å². The highest BCUT2D eigenvalue weighted by molar-refractivity contribution is 6.30. The largest absolute Gasteiger partial charge is 0.336 e. The molecule has 2 aromatic heterocycles. The van der Waals surface area contributed by atoms with Crippen molar-refractivity contribution in [2.75, 3.05) is 53.4 Å². The van der Waals surface area contributed by atoms with Gasteiger partial charge in [0.1, 0.15) is 5.49 Å². The average Bonchev–Trinajstić information content (AvgIpc) is 3.04. The minimum atomic E-state index is 0.0333. The number of amides is 1. The lowest BCUT2D eigenvalue weighted by Gasteiger charge is -2.35. The van der Waals surface area contributed by atoms with Crippen molar-refractivity contribution >= 4 is 39.3 Å². The zero-order chi connectivity index (χ0) is 29.9. The Balaban J connectivity index is 1.37.